The Kier molecular flexibility index (Phi) is 6.35. The third-order valence-electron chi connectivity index (χ3n) is 8.41. The lowest BCUT2D eigenvalue weighted by molar-refractivity contribution is 0.568. The fraction of sp³-hybridized carbons (Fsp3) is 0.222. The van der Waals surface area contributed by atoms with Crippen molar-refractivity contribution in [3.8, 4) is 22.6 Å². The summed E-state index contributed by atoms with van der Waals surface area (Å²) < 4.78 is 13.1. The van der Waals surface area contributed by atoms with E-state index in [1.165, 1.54) is 22.3 Å². The first-order valence-corrected chi connectivity index (χ1v) is 16.9. The van der Waals surface area contributed by atoms with Gasteiger partial charge in [-0.05, 0) is 61.1 Å². The molecule has 0 spiro atoms. The molecule has 2 atom stereocenters. The third-order valence-corrected chi connectivity index (χ3v) is 12.5. The van der Waals surface area contributed by atoms with Crippen molar-refractivity contribution in [1.29, 1.82) is 0 Å². The Bertz CT molecular complexity index is 1530. The Labute approximate surface area is 233 Å². The van der Waals surface area contributed by atoms with Crippen molar-refractivity contribution < 1.29 is 8.83 Å². The molecule has 0 aliphatic heterocycles. The number of furan rings is 2. The average Bonchev–Trinajstić information content (AvgIpc) is 3.70. The van der Waals surface area contributed by atoms with Crippen molar-refractivity contribution in [1.82, 2.24) is 0 Å². The molecule has 2 aliphatic rings. The summed E-state index contributed by atoms with van der Waals surface area (Å²) in [5.74, 6) is 4.52. The highest BCUT2D eigenvalue weighted by Crippen LogP contribution is 2.51. The highest BCUT2D eigenvalue weighted by atomic mass is 28.3. The predicted molar refractivity (Wildman–Crippen MR) is 165 cm³/mol. The Morgan fingerprint density at radius 3 is 1.26 bits per heavy atom. The van der Waals surface area contributed by atoms with Crippen LogP contribution < -0.4 is 0 Å². The summed E-state index contributed by atoms with van der Waals surface area (Å²) in [6.45, 7) is 14.2. The van der Waals surface area contributed by atoms with Crippen molar-refractivity contribution >= 4 is 19.2 Å². The minimum Gasteiger partial charge on any atom is -0.456 e. The van der Waals surface area contributed by atoms with E-state index in [-0.39, 0.29) is 0 Å². The molecule has 6 rings (SSSR count). The van der Waals surface area contributed by atoms with Crippen molar-refractivity contribution in [3.05, 3.63) is 130 Å². The Hall–Kier alpha value is -3.82. The molecule has 4 aromatic rings. The van der Waals surface area contributed by atoms with Crippen molar-refractivity contribution in [2.24, 2.45) is 11.8 Å². The molecule has 0 fully saturated rings. The maximum atomic E-state index is 6.55. The molecule has 0 amide bonds. The van der Waals surface area contributed by atoms with Crippen LogP contribution in [0.3, 0.4) is 0 Å². The largest absolute Gasteiger partial charge is 0.456 e. The van der Waals surface area contributed by atoms with Crippen LogP contribution in [0.15, 0.2) is 127 Å². The van der Waals surface area contributed by atoms with E-state index in [9.17, 15) is 0 Å². The molecule has 0 saturated carbocycles. The summed E-state index contributed by atoms with van der Waals surface area (Å²) in [6.07, 6.45) is 4.84. The van der Waals surface area contributed by atoms with Crippen LogP contribution in [-0.2, 0) is 0 Å². The molecule has 39 heavy (non-hydrogen) atoms. The van der Waals surface area contributed by atoms with Gasteiger partial charge in [-0.3, -0.25) is 0 Å². The first kappa shape index (κ1) is 25.5. The van der Waals surface area contributed by atoms with Crippen LogP contribution >= 0.6 is 0 Å². The van der Waals surface area contributed by atoms with E-state index in [0.29, 0.717) is 11.8 Å². The van der Waals surface area contributed by atoms with Gasteiger partial charge in [0.2, 0.25) is 0 Å². The maximum Gasteiger partial charge on any atom is 0.134 e. The number of allylic oxidation sites excluding steroid dienone is 8. The molecule has 0 saturated heterocycles. The molecule has 3 heteroatoms. The maximum absolute atomic E-state index is 6.55. The number of rotatable bonds is 6. The number of hydrogen-bond donors (Lipinski definition) is 0. The van der Waals surface area contributed by atoms with Crippen LogP contribution in [0.5, 0.6) is 0 Å². The van der Waals surface area contributed by atoms with Crippen LogP contribution in [0.25, 0.3) is 33.8 Å². The van der Waals surface area contributed by atoms with Crippen LogP contribution in [0.2, 0.25) is 13.1 Å². The smallest absolute Gasteiger partial charge is 0.134 e. The third kappa shape index (κ3) is 4.35. The van der Waals surface area contributed by atoms with E-state index in [0.717, 1.165) is 34.2 Å². The SMILES string of the molecule is CC1=CC(C)C([Si](C)(C)C2=C(c3ccc(-c4ccccc4)o3)C(C)=CC2C)=C1c1ccc(-c2ccccc2)o1. The summed E-state index contributed by atoms with van der Waals surface area (Å²) >= 11 is 0. The molecule has 0 radical (unpaired) electrons. The van der Waals surface area contributed by atoms with E-state index in [1.807, 2.05) is 12.1 Å². The van der Waals surface area contributed by atoms with Crippen LogP contribution in [0.4, 0.5) is 0 Å². The van der Waals surface area contributed by atoms with E-state index >= 15 is 0 Å². The van der Waals surface area contributed by atoms with Gasteiger partial charge in [0.25, 0.3) is 0 Å². The molecule has 2 aromatic carbocycles. The van der Waals surface area contributed by atoms with Gasteiger partial charge in [-0.25, -0.2) is 0 Å². The highest BCUT2D eigenvalue weighted by Gasteiger charge is 2.44. The van der Waals surface area contributed by atoms with E-state index < -0.39 is 8.07 Å². The van der Waals surface area contributed by atoms with Gasteiger partial charge in [-0.2, -0.15) is 0 Å². The number of benzene rings is 2. The quantitative estimate of drug-likeness (QED) is 0.233. The standard InChI is InChI=1S/C36H36O2Si/c1-23-21-25(3)35(33(23)31-19-17-29(37-31)27-13-9-7-10-14-27)39(5,6)36-26(4)22-24(2)34(36)32-20-18-30(38-32)28-15-11-8-12-16-28/h7-22,25-26H,1-6H3. The Morgan fingerprint density at radius 1 is 0.513 bits per heavy atom. The molecule has 2 aromatic heterocycles. The van der Waals surface area contributed by atoms with Crippen molar-refractivity contribution in [3.63, 3.8) is 0 Å². The minimum absolute atomic E-state index is 0.366. The second kappa shape index (κ2) is 9.73. The van der Waals surface area contributed by atoms with Crippen molar-refractivity contribution in [2.75, 3.05) is 0 Å². The predicted octanol–water partition coefficient (Wildman–Crippen LogP) is 10.4. The van der Waals surface area contributed by atoms with Gasteiger partial charge in [-0.15, -0.1) is 0 Å². The molecule has 196 valence electrons. The molecule has 0 N–H and O–H groups in total. The summed E-state index contributed by atoms with van der Waals surface area (Å²) in [5.41, 5.74) is 7.44. The normalized spacial score (nSPS) is 19.6. The first-order chi connectivity index (χ1) is 18.8. The summed E-state index contributed by atoms with van der Waals surface area (Å²) in [4.78, 5) is 0. The lowest BCUT2D eigenvalue weighted by Crippen LogP contribution is -2.37. The zero-order valence-corrected chi connectivity index (χ0v) is 24.7. The molecule has 2 nitrogen and oxygen atoms in total. The summed E-state index contributed by atoms with van der Waals surface area (Å²) in [7, 11) is -2.14. The fourth-order valence-corrected chi connectivity index (χ4v) is 11.6. The number of hydrogen-bond acceptors (Lipinski definition) is 2. The van der Waals surface area contributed by atoms with Gasteiger partial charge in [0.1, 0.15) is 31.1 Å². The summed E-state index contributed by atoms with van der Waals surface area (Å²) in [5, 5.41) is 3.09. The van der Waals surface area contributed by atoms with Crippen LogP contribution in [-0.4, -0.2) is 8.07 Å². The highest BCUT2D eigenvalue weighted by molar-refractivity contribution is 6.92. The van der Waals surface area contributed by atoms with E-state index in [1.54, 1.807) is 10.4 Å². The zero-order chi connectivity index (χ0) is 27.3. The minimum atomic E-state index is -2.14. The first-order valence-electron chi connectivity index (χ1n) is 13.9. The molecule has 2 unspecified atom stereocenters. The molecular formula is C36H36O2Si. The monoisotopic (exact) mass is 528 g/mol. The van der Waals surface area contributed by atoms with E-state index in [2.05, 4.69) is 126 Å². The molecule has 0 bridgehead atoms. The van der Waals surface area contributed by atoms with Gasteiger partial charge in [0.05, 0.1) is 0 Å². The Morgan fingerprint density at radius 2 is 0.872 bits per heavy atom. The second-order valence-electron chi connectivity index (χ2n) is 11.5. The molecular weight excluding hydrogens is 492 g/mol. The second-order valence-corrected chi connectivity index (χ2v) is 15.9. The fourth-order valence-electron chi connectivity index (χ4n) is 6.99. The average molecular weight is 529 g/mol. The van der Waals surface area contributed by atoms with Crippen LogP contribution in [0, 0.1) is 11.8 Å². The molecule has 2 heterocycles. The topological polar surface area (TPSA) is 26.3 Å². The van der Waals surface area contributed by atoms with Gasteiger partial charge in [0, 0.05) is 22.3 Å². The van der Waals surface area contributed by atoms with Gasteiger partial charge < -0.3 is 8.83 Å². The van der Waals surface area contributed by atoms with Crippen LogP contribution in [0.1, 0.15) is 39.2 Å². The summed E-state index contributed by atoms with van der Waals surface area (Å²) in [6, 6.07) is 29.3. The van der Waals surface area contributed by atoms with E-state index in [4.69, 9.17) is 8.83 Å². The van der Waals surface area contributed by atoms with Gasteiger partial charge in [0.15, 0.2) is 0 Å². The lowest BCUT2D eigenvalue weighted by Gasteiger charge is -2.34. The van der Waals surface area contributed by atoms with Gasteiger partial charge in [-0.1, -0.05) is 110 Å². The zero-order valence-electron chi connectivity index (χ0n) is 23.7. The van der Waals surface area contributed by atoms with Gasteiger partial charge >= 0.3 is 0 Å². The van der Waals surface area contributed by atoms with Crippen molar-refractivity contribution in [2.45, 2.75) is 40.8 Å². The lowest BCUT2D eigenvalue weighted by atomic mass is 10.1. The molecule has 2 aliphatic carbocycles. The Balaban J connectivity index is 1.48.